The van der Waals surface area contributed by atoms with Crippen LogP contribution in [-0.2, 0) is 19.2 Å². The van der Waals surface area contributed by atoms with Crippen molar-refractivity contribution in [1.82, 2.24) is 0 Å². The molecule has 3 unspecified atom stereocenters. The summed E-state index contributed by atoms with van der Waals surface area (Å²) < 4.78 is 0. The monoisotopic (exact) mass is 394 g/mol. The zero-order valence-electron chi connectivity index (χ0n) is 15.6. The van der Waals surface area contributed by atoms with Gasteiger partial charge in [-0.1, -0.05) is 18.9 Å². The summed E-state index contributed by atoms with van der Waals surface area (Å²) in [4.78, 5) is 47.2. The van der Waals surface area contributed by atoms with Crippen LogP contribution >= 0.6 is 0 Å². The predicted octanol–water partition coefficient (Wildman–Crippen LogP) is 2.93. The van der Waals surface area contributed by atoms with E-state index in [0.717, 1.165) is 37.7 Å². The second-order valence-electron chi connectivity index (χ2n) is 7.43. The molecule has 0 fully saturated rings. The molecule has 154 valence electrons. The van der Waals surface area contributed by atoms with Crippen LogP contribution in [0.2, 0.25) is 0 Å². The molecule has 2 rings (SSSR count). The molecule has 0 aliphatic heterocycles. The van der Waals surface area contributed by atoms with Gasteiger partial charge in [-0.25, -0.2) is 4.79 Å². The van der Waals surface area contributed by atoms with E-state index in [-0.39, 0.29) is 18.4 Å². The van der Waals surface area contributed by atoms with E-state index < -0.39 is 48.1 Å². The molecule has 0 aromatic rings. The first-order chi connectivity index (χ1) is 13.2. The molecule has 8 heteroatoms. The fourth-order valence-corrected chi connectivity index (χ4v) is 4.25. The van der Waals surface area contributed by atoms with E-state index in [1.165, 1.54) is 0 Å². The minimum absolute atomic E-state index is 0.0396. The van der Waals surface area contributed by atoms with Crippen molar-refractivity contribution in [2.75, 3.05) is 0 Å². The normalized spacial score (nSPS) is 31.3. The van der Waals surface area contributed by atoms with E-state index in [1.807, 2.05) is 6.08 Å². The summed E-state index contributed by atoms with van der Waals surface area (Å²) in [5.74, 6) is -9.85. The molecule has 2 aliphatic carbocycles. The zero-order valence-corrected chi connectivity index (χ0v) is 15.6. The van der Waals surface area contributed by atoms with Crippen LogP contribution in [0.3, 0.4) is 0 Å². The predicted molar refractivity (Wildman–Crippen MR) is 97.7 cm³/mol. The SMILES string of the molecule is O=C(O)/C1=C(\C2=C/CCCCCC2)CCC(C(=O)O)C(C(=O)O)CC1C(=O)O. The van der Waals surface area contributed by atoms with Gasteiger partial charge in [0, 0.05) is 0 Å². The molecule has 0 heterocycles. The highest BCUT2D eigenvalue weighted by Crippen LogP contribution is 2.39. The largest absolute Gasteiger partial charge is 0.481 e. The maximum atomic E-state index is 12.0. The Morgan fingerprint density at radius 2 is 1.43 bits per heavy atom. The van der Waals surface area contributed by atoms with Gasteiger partial charge in [0.25, 0.3) is 0 Å². The number of hydrogen-bond donors (Lipinski definition) is 4. The van der Waals surface area contributed by atoms with Gasteiger partial charge in [0.2, 0.25) is 0 Å². The topological polar surface area (TPSA) is 149 Å². The lowest BCUT2D eigenvalue weighted by molar-refractivity contribution is -0.156. The van der Waals surface area contributed by atoms with Gasteiger partial charge in [0.15, 0.2) is 0 Å². The number of rotatable bonds is 5. The standard InChI is InChI=1S/C20H26O8/c21-17(22)13-9-8-12(11-6-4-2-1-3-5-7-11)16(20(27)28)15(19(25)26)10-14(13)18(23)24/h6,13-15H,1-5,7-10H2,(H,21,22)(H,23,24)(H,25,26)(H,27,28)/b11-6-,16-12-. The molecule has 8 nitrogen and oxygen atoms in total. The molecule has 4 N–H and O–H groups in total. The van der Waals surface area contributed by atoms with Gasteiger partial charge in [-0.2, -0.15) is 0 Å². The number of carboxylic acid groups (broad SMARTS) is 4. The lowest BCUT2D eigenvalue weighted by atomic mass is 9.73. The first kappa shape index (κ1) is 21.7. The Morgan fingerprint density at radius 3 is 2.00 bits per heavy atom. The minimum Gasteiger partial charge on any atom is -0.481 e. The van der Waals surface area contributed by atoms with Crippen molar-refractivity contribution in [2.45, 2.75) is 57.8 Å². The molecule has 0 radical (unpaired) electrons. The molecule has 3 atom stereocenters. The van der Waals surface area contributed by atoms with Gasteiger partial charge in [-0.05, 0) is 56.1 Å². The van der Waals surface area contributed by atoms with E-state index >= 15 is 0 Å². The zero-order chi connectivity index (χ0) is 20.8. The molecule has 28 heavy (non-hydrogen) atoms. The molecular formula is C20H26O8. The molecule has 0 saturated carbocycles. The highest BCUT2D eigenvalue weighted by Gasteiger charge is 2.42. The second-order valence-corrected chi connectivity index (χ2v) is 7.43. The summed E-state index contributed by atoms with van der Waals surface area (Å²) >= 11 is 0. The lowest BCUT2D eigenvalue weighted by Gasteiger charge is -2.29. The van der Waals surface area contributed by atoms with Crippen LogP contribution in [0.4, 0.5) is 0 Å². The van der Waals surface area contributed by atoms with Gasteiger partial charge in [0.1, 0.15) is 0 Å². The van der Waals surface area contributed by atoms with Crippen LogP contribution in [0.15, 0.2) is 22.8 Å². The summed E-state index contributed by atoms with van der Waals surface area (Å²) in [5, 5.41) is 38.4. The Hall–Kier alpha value is -2.64. The number of hydrogen-bond acceptors (Lipinski definition) is 4. The minimum atomic E-state index is -1.57. The Bertz CT molecular complexity index is 718. The first-order valence-corrected chi connectivity index (χ1v) is 9.58. The smallest absolute Gasteiger partial charge is 0.332 e. The van der Waals surface area contributed by atoms with Crippen LogP contribution in [0.5, 0.6) is 0 Å². The summed E-state index contributed by atoms with van der Waals surface area (Å²) in [6, 6.07) is 0. The third kappa shape index (κ3) is 4.99. The number of aliphatic carboxylic acids is 4. The summed E-state index contributed by atoms with van der Waals surface area (Å²) in [7, 11) is 0. The Labute approximate surface area is 162 Å². The van der Waals surface area contributed by atoms with Crippen molar-refractivity contribution in [1.29, 1.82) is 0 Å². The highest BCUT2D eigenvalue weighted by atomic mass is 16.4. The number of carbonyl (C=O) groups is 4. The fourth-order valence-electron chi connectivity index (χ4n) is 4.25. The molecule has 0 spiro atoms. The van der Waals surface area contributed by atoms with Crippen molar-refractivity contribution in [2.24, 2.45) is 17.8 Å². The van der Waals surface area contributed by atoms with Crippen LogP contribution in [0.1, 0.15) is 57.8 Å². The molecular weight excluding hydrogens is 368 g/mol. The average molecular weight is 394 g/mol. The maximum absolute atomic E-state index is 12.0. The molecule has 0 saturated heterocycles. The first-order valence-electron chi connectivity index (χ1n) is 9.58. The van der Waals surface area contributed by atoms with Crippen LogP contribution < -0.4 is 0 Å². The van der Waals surface area contributed by atoms with Gasteiger partial charge in [0.05, 0.1) is 23.3 Å². The molecule has 0 aromatic carbocycles. The van der Waals surface area contributed by atoms with E-state index in [0.29, 0.717) is 12.0 Å². The fraction of sp³-hybridized carbons (Fsp3) is 0.600. The van der Waals surface area contributed by atoms with E-state index in [2.05, 4.69) is 0 Å². The molecule has 0 amide bonds. The van der Waals surface area contributed by atoms with Gasteiger partial charge < -0.3 is 20.4 Å². The summed E-state index contributed by atoms with van der Waals surface area (Å²) in [5.41, 5.74) is 0.840. The van der Waals surface area contributed by atoms with Crippen molar-refractivity contribution >= 4 is 23.9 Å². The highest BCUT2D eigenvalue weighted by molar-refractivity contribution is 5.96. The maximum Gasteiger partial charge on any atom is 0.332 e. The molecule has 0 bridgehead atoms. The van der Waals surface area contributed by atoms with Crippen LogP contribution in [-0.4, -0.2) is 44.3 Å². The van der Waals surface area contributed by atoms with Crippen LogP contribution in [0, 0.1) is 17.8 Å². The quantitative estimate of drug-likeness (QED) is 0.556. The van der Waals surface area contributed by atoms with Crippen molar-refractivity contribution in [3.8, 4) is 0 Å². The van der Waals surface area contributed by atoms with Gasteiger partial charge in [-0.15, -0.1) is 0 Å². The number of allylic oxidation sites excluding steroid dienone is 3. The Balaban J connectivity index is 2.61. The Morgan fingerprint density at radius 1 is 0.786 bits per heavy atom. The van der Waals surface area contributed by atoms with E-state index in [1.54, 1.807) is 0 Å². The lowest BCUT2D eigenvalue weighted by Crippen LogP contribution is -2.37. The van der Waals surface area contributed by atoms with Crippen molar-refractivity contribution in [3.05, 3.63) is 22.8 Å². The van der Waals surface area contributed by atoms with Crippen molar-refractivity contribution < 1.29 is 39.6 Å². The van der Waals surface area contributed by atoms with E-state index in [9.17, 15) is 39.6 Å². The number of carboxylic acids is 4. The Kier molecular flexibility index (Phi) is 7.37. The van der Waals surface area contributed by atoms with Crippen molar-refractivity contribution in [3.63, 3.8) is 0 Å². The third-order valence-electron chi connectivity index (χ3n) is 5.70. The second kappa shape index (κ2) is 9.52. The third-order valence-corrected chi connectivity index (χ3v) is 5.70. The molecule has 2 aliphatic rings. The average Bonchev–Trinajstić information content (AvgIpc) is 2.54. The summed E-state index contributed by atoms with van der Waals surface area (Å²) in [6.45, 7) is 0. The summed E-state index contributed by atoms with van der Waals surface area (Å²) in [6.07, 6.45) is 6.62. The van der Waals surface area contributed by atoms with E-state index in [4.69, 9.17) is 0 Å². The molecule has 0 aromatic heterocycles. The van der Waals surface area contributed by atoms with Gasteiger partial charge >= 0.3 is 23.9 Å². The van der Waals surface area contributed by atoms with Crippen LogP contribution in [0.25, 0.3) is 0 Å². The van der Waals surface area contributed by atoms with Gasteiger partial charge in [-0.3, -0.25) is 14.4 Å².